The zero-order valence-electron chi connectivity index (χ0n) is 15.0. The van der Waals surface area contributed by atoms with Crippen LogP contribution in [-0.4, -0.2) is 26.2 Å². The highest BCUT2D eigenvalue weighted by molar-refractivity contribution is 5.88. The summed E-state index contributed by atoms with van der Waals surface area (Å²) in [6, 6.07) is 13.7. The molecule has 1 amide bonds. The van der Waals surface area contributed by atoms with Crippen LogP contribution in [0.15, 0.2) is 48.5 Å². The second kappa shape index (κ2) is 8.21. The average Bonchev–Trinajstić information content (AvgIpc) is 3.17. The van der Waals surface area contributed by atoms with Gasteiger partial charge in [0.25, 0.3) is 0 Å². The maximum atomic E-state index is 13.2. The van der Waals surface area contributed by atoms with Crippen LogP contribution in [-0.2, 0) is 10.2 Å². The first kappa shape index (κ1) is 18.2. The number of hydrogen-bond donors (Lipinski definition) is 1. The van der Waals surface area contributed by atoms with Gasteiger partial charge in [0.1, 0.15) is 23.9 Å². The number of carbonyl (C=O) groups excluding carboxylic acids is 1. The number of methoxy groups -OCH3 is 1. The van der Waals surface area contributed by atoms with Crippen LogP contribution in [0.25, 0.3) is 0 Å². The number of ether oxygens (including phenoxy) is 2. The van der Waals surface area contributed by atoms with Gasteiger partial charge < -0.3 is 14.8 Å². The molecule has 5 heteroatoms. The van der Waals surface area contributed by atoms with E-state index in [-0.39, 0.29) is 11.7 Å². The summed E-state index contributed by atoms with van der Waals surface area (Å²) >= 11 is 0. The van der Waals surface area contributed by atoms with Gasteiger partial charge in [-0.2, -0.15) is 0 Å². The Bertz CT molecular complexity index is 739. The SMILES string of the molecule is COc1cccc(OCCNC(=O)C2(c3ccc(F)cc3)CCCC2)c1. The molecule has 138 valence electrons. The molecule has 1 fully saturated rings. The van der Waals surface area contributed by atoms with Gasteiger partial charge in [-0.15, -0.1) is 0 Å². The molecule has 0 radical (unpaired) electrons. The fourth-order valence-corrected chi connectivity index (χ4v) is 3.59. The molecular weight excluding hydrogens is 333 g/mol. The van der Waals surface area contributed by atoms with Crippen molar-refractivity contribution in [3.05, 3.63) is 59.9 Å². The molecule has 26 heavy (non-hydrogen) atoms. The van der Waals surface area contributed by atoms with Crippen molar-refractivity contribution in [1.29, 1.82) is 0 Å². The van der Waals surface area contributed by atoms with E-state index >= 15 is 0 Å². The van der Waals surface area contributed by atoms with Crippen LogP contribution < -0.4 is 14.8 Å². The van der Waals surface area contributed by atoms with Gasteiger partial charge in [0, 0.05) is 6.07 Å². The average molecular weight is 357 g/mol. The van der Waals surface area contributed by atoms with E-state index in [2.05, 4.69) is 5.32 Å². The van der Waals surface area contributed by atoms with Crippen LogP contribution >= 0.6 is 0 Å². The Hall–Kier alpha value is -2.56. The van der Waals surface area contributed by atoms with E-state index in [0.29, 0.717) is 18.9 Å². The number of amides is 1. The minimum Gasteiger partial charge on any atom is -0.497 e. The summed E-state index contributed by atoms with van der Waals surface area (Å²) in [4.78, 5) is 12.9. The van der Waals surface area contributed by atoms with Crippen molar-refractivity contribution in [3.63, 3.8) is 0 Å². The molecule has 1 aliphatic rings. The predicted molar refractivity (Wildman–Crippen MR) is 98.0 cm³/mol. The van der Waals surface area contributed by atoms with Crippen LogP contribution in [0, 0.1) is 5.82 Å². The Morgan fingerprint density at radius 1 is 1.12 bits per heavy atom. The molecule has 0 atom stereocenters. The summed E-state index contributed by atoms with van der Waals surface area (Å²) in [5, 5.41) is 2.99. The fourth-order valence-electron chi connectivity index (χ4n) is 3.59. The molecule has 0 aliphatic heterocycles. The smallest absolute Gasteiger partial charge is 0.230 e. The predicted octanol–water partition coefficient (Wildman–Crippen LogP) is 3.84. The van der Waals surface area contributed by atoms with Gasteiger partial charge in [0.15, 0.2) is 0 Å². The van der Waals surface area contributed by atoms with Crippen LogP contribution in [0.5, 0.6) is 11.5 Å². The van der Waals surface area contributed by atoms with Gasteiger partial charge in [-0.1, -0.05) is 31.0 Å². The lowest BCUT2D eigenvalue weighted by molar-refractivity contribution is -0.126. The normalized spacial score (nSPS) is 15.5. The second-order valence-corrected chi connectivity index (χ2v) is 6.58. The summed E-state index contributed by atoms with van der Waals surface area (Å²) in [5.41, 5.74) is 0.339. The third-order valence-electron chi connectivity index (χ3n) is 4.99. The molecule has 2 aromatic carbocycles. The van der Waals surface area contributed by atoms with E-state index in [1.54, 1.807) is 25.3 Å². The molecular formula is C21H24FNO3. The van der Waals surface area contributed by atoms with Gasteiger partial charge in [-0.05, 0) is 42.7 Å². The maximum Gasteiger partial charge on any atom is 0.230 e. The number of halogens is 1. The van der Waals surface area contributed by atoms with Crippen LogP contribution in [0.1, 0.15) is 31.2 Å². The lowest BCUT2D eigenvalue weighted by Crippen LogP contribution is -2.44. The Kier molecular flexibility index (Phi) is 5.76. The van der Waals surface area contributed by atoms with Gasteiger partial charge in [0.2, 0.25) is 5.91 Å². The zero-order chi connectivity index (χ0) is 18.4. The fraction of sp³-hybridized carbons (Fsp3) is 0.381. The van der Waals surface area contributed by atoms with Crippen molar-refractivity contribution in [2.75, 3.05) is 20.3 Å². The largest absolute Gasteiger partial charge is 0.497 e. The third-order valence-corrected chi connectivity index (χ3v) is 4.99. The minimum absolute atomic E-state index is 0.00384. The van der Waals surface area contributed by atoms with E-state index in [1.165, 1.54) is 12.1 Å². The van der Waals surface area contributed by atoms with E-state index in [1.807, 2.05) is 18.2 Å². The molecule has 1 aliphatic carbocycles. The highest BCUT2D eigenvalue weighted by atomic mass is 19.1. The number of carbonyl (C=O) groups is 1. The molecule has 0 unspecified atom stereocenters. The molecule has 0 spiro atoms. The summed E-state index contributed by atoms with van der Waals surface area (Å²) in [5.74, 6) is 1.14. The topological polar surface area (TPSA) is 47.6 Å². The maximum absolute atomic E-state index is 13.2. The third kappa shape index (κ3) is 3.98. The summed E-state index contributed by atoms with van der Waals surface area (Å²) in [7, 11) is 1.61. The quantitative estimate of drug-likeness (QED) is 0.766. The van der Waals surface area contributed by atoms with E-state index < -0.39 is 5.41 Å². The highest BCUT2D eigenvalue weighted by Crippen LogP contribution is 2.41. The first-order chi connectivity index (χ1) is 12.6. The van der Waals surface area contributed by atoms with Crippen molar-refractivity contribution in [1.82, 2.24) is 5.32 Å². The molecule has 0 aromatic heterocycles. The number of nitrogens with one attached hydrogen (secondary N) is 1. The van der Waals surface area contributed by atoms with Crippen LogP contribution in [0.2, 0.25) is 0 Å². The van der Waals surface area contributed by atoms with E-state index in [4.69, 9.17) is 9.47 Å². The van der Waals surface area contributed by atoms with Crippen molar-refractivity contribution in [3.8, 4) is 11.5 Å². The van der Waals surface area contributed by atoms with E-state index in [0.717, 1.165) is 37.0 Å². The summed E-state index contributed by atoms with van der Waals surface area (Å²) in [6.45, 7) is 0.789. The van der Waals surface area contributed by atoms with Gasteiger partial charge >= 0.3 is 0 Å². The van der Waals surface area contributed by atoms with Gasteiger partial charge in [0.05, 0.1) is 19.1 Å². The molecule has 0 bridgehead atoms. The van der Waals surface area contributed by atoms with Crippen molar-refractivity contribution < 1.29 is 18.7 Å². The molecule has 0 heterocycles. The van der Waals surface area contributed by atoms with Gasteiger partial charge in [-0.25, -0.2) is 4.39 Å². The monoisotopic (exact) mass is 357 g/mol. The van der Waals surface area contributed by atoms with Gasteiger partial charge in [-0.3, -0.25) is 4.79 Å². The second-order valence-electron chi connectivity index (χ2n) is 6.58. The number of hydrogen-bond acceptors (Lipinski definition) is 3. The summed E-state index contributed by atoms with van der Waals surface area (Å²) in [6.07, 6.45) is 3.60. The van der Waals surface area contributed by atoms with Crippen molar-refractivity contribution in [2.24, 2.45) is 0 Å². The lowest BCUT2D eigenvalue weighted by Gasteiger charge is -2.28. The molecule has 2 aromatic rings. The lowest BCUT2D eigenvalue weighted by atomic mass is 9.78. The first-order valence-corrected chi connectivity index (χ1v) is 8.95. The summed E-state index contributed by atoms with van der Waals surface area (Å²) < 4.78 is 24.1. The Labute approximate surface area is 153 Å². The molecule has 1 saturated carbocycles. The zero-order valence-corrected chi connectivity index (χ0v) is 15.0. The number of rotatable bonds is 7. The van der Waals surface area contributed by atoms with Crippen LogP contribution in [0.3, 0.4) is 0 Å². The minimum atomic E-state index is -0.552. The van der Waals surface area contributed by atoms with Crippen molar-refractivity contribution in [2.45, 2.75) is 31.1 Å². The molecule has 3 rings (SSSR count). The standard InChI is InChI=1S/C21H24FNO3/c1-25-18-5-4-6-19(15-18)26-14-13-23-20(24)21(11-2-3-12-21)16-7-9-17(22)10-8-16/h4-10,15H,2-3,11-14H2,1H3,(H,23,24). The Balaban J connectivity index is 1.58. The first-order valence-electron chi connectivity index (χ1n) is 8.95. The highest BCUT2D eigenvalue weighted by Gasteiger charge is 2.42. The Morgan fingerprint density at radius 2 is 1.81 bits per heavy atom. The Morgan fingerprint density at radius 3 is 2.50 bits per heavy atom. The van der Waals surface area contributed by atoms with E-state index in [9.17, 15) is 9.18 Å². The van der Waals surface area contributed by atoms with Crippen molar-refractivity contribution >= 4 is 5.91 Å². The number of benzene rings is 2. The molecule has 0 saturated heterocycles. The van der Waals surface area contributed by atoms with Crippen LogP contribution in [0.4, 0.5) is 4.39 Å². The molecule has 1 N–H and O–H groups in total. The molecule has 4 nitrogen and oxygen atoms in total.